The molecule has 0 saturated carbocycles. The highest BCUT2D eigenvalue weighted by molar-refractivity contribution is 6.42. The van der Waals surface area contributed by atoms with Gasteiger partial charge in [0.05, 0.1) is 10.0 Å². The molecule has 19 heavy (non-hydrogen) atoms. The van der Waals surface area contributed by atoms with Crippen LogP contribution < -0.4 is 10.6 Å². The zero-order valence-corrected chi connectivity index (χ0v) is 12.2. The van der Waals surface area contributed by atoms with Crippen LogP contribution in [0.2, 0.25) is 15.3 Å². The first-order chi connectivity index (χ1) is 9.08. The summed E-state index contributed by atoms with van der Waals surface area (Å²) < 4.78 is 0. The van der Waals surface area contributed by atoms with Crippen LogP contribution in [0.3, 0.4) is 0 Å². The Morgan fingerprint density at radius 3 is 2.42 bits per heavy atom. The lowest BCUT2D eigenvalue weighted by Crippen LogP contribution is -2.06. The molecule has 0 aliphatic heterocycles. The fourth-order valence-corrected chi connectivity index (χ4v) is 1.80. The van der Waals surface area contributed by atoms with E-state index in [-0.39, 0.29) is 5.28 Å². The first-order valence-electron chi connectivity index (χ1n) is 5.46. The maximum absolute atomic E-state index is 5.93. The number of nitrogens with one attached hydrogen (secondary N) is 2. The molecule has 8 heteroatoms. The van der Waals surface area contributed by atoms with Crippen molar-refractivity contribution < 1.29 is 0 Å². The SMILES string of the molecule is CCNc1nc(Cl)nc(Nc2ccc(Cl)c(Cl)c2)n1. The van der Waals surface area contributed by atoms with Crippen molar-refractivity contribution in [2.24, 2.45) is 0 Å². The molecule has 1 aromatic heterocycles. The molecule has 0 spiro atoms. The van der Waals surface area contributed by atoms with Gasteiger partial charge in [-0.05, 0) is 36.7 Å². The molecule has 0 bridgehead atoms. The van der Waals surface area contributed by atoms with E-state index in [2.05, 4.69) is 25.6 Å². The third-order valence-corrected chi connectivity index (χ3v) is 3.03. The van der Waals surface area contributed by atoms with Gasteiger partial charge >= 0.3 is 0 Å². The molecule has 0 saturated heterocycles. The van der Waals surface area contributed by atoms with Crippen LogP contribution in [0.25, 0.3) is 0 Å². The van der Waals surface area contributed by atoms with E-state index in [0.717, 1.165) is 0 Å². The van der Waals surface area contributed by atoms with E-state index in [0.29, 0.717) is 34.2 Å². The van der Waals surface area contributed by atoms with Crippen molar-refractivity contribution in [1.82, 2.24) is 15.0 Å². The van der Waals surface area contributed by atoms with Crippen LogP contribution >= 0.6 is 34.8 Å². The lowest BCUT2D eigenvalue weighted by atomic mass is 10.3. The second-order valence-electron chi connectivity index (χ2n) is 3.54. The highest BCUT2D eigenvalue weighted by atomic mass is 35.5. The van der Waals surface area contributed by atoms with Gasteiger partial charge in [0, 0.05) is 12.2 Å². The van der Waals surface area contributed by atoms with Crippen LogP contribution in [-0.4, -0.2) is 21.5 Å². The van der Waals surface area contributed by atoms with Crippen LogP contribution in [-0.2, 0) is 0 Å². The van der Waals surface area contributed by atoms with Crippen LogP contribution in [0.5, 0.6) is 0 Å². The van der Waals surface area contributed by atoms with E-state index in [1.165, 1.54) is 0 Å². The van der Waals surface area contributed by atoms with Crippen molar-refractivity contribution in [2.45, 2.75) is 6.92 Å². The van der Waals surface area contributed by atoms with Gasteiger partial charge in [0.25, 0.3) is 0 Å². The second-order valence-corrected chi connectivity index (χ2v) is 4.69. The summed E-state index contributed by atoms with van der Waals surface area (Å²) in [5.74, 6) is 0.736. The van der Waals surface area contributed by atoms with Gasteiger partial charge in [-0.1, -0.05) is 23.2 Å². The van der Waals surface area contributed by atoms with E-state index < -0.39 is 0 Å². The summed E-state index contributed by atoms with van der Waals surface area (Å²) in [5, 5.41) is 6.97. The topological polar surface area (TPSA) is 62.7 Å². The molecule has 1 aromatic carbocycles. The monoisotopic (exact) mass is 317 g/mol. The summed E-state index contributed by atoms with van der Waals surface area (Å²) in [7, 11) is 0. The largest absolute Gasteiger partial charge is 0.354 e. The van der Waals surface area contributed by atoms with Crippen molar-refractivity contribution in [3.05, 3.63) is 33.5 Å². The number of hydrogen-bond donors (Lipinski definition) is 2. The van der Waals surface area contributed by atoms with Gasteiger partial charge in [0.15, 0.2) is 0 Å². The molecular formula is C11H10Cl3N5. The Kier molecular flexibility index (Phi) is 4.63. The number of rotatable bonds is 4. The summed E-state index contributed by atoms with van der Waals surface area (Å²) in [6.45, 7) is 2.62. The smallest absolute Gasteiger partial charge is 0.233 e. The first kappa shape index (κ1) is 14.1. The van der Waals surface area contributed by atoms with Crippen LogP contribution in [0.1, 0.15) is 6.92 Å². The molecule has 0 aliphatic rings. The Hall–Kier alpha value is -1.30. The molecule has 5 nitrogen and oxygen atoms in total. The first-order valence-corrected chi connectivity index (χ1v) is 6.59. The van der Waals surface area contributed by atoms with E-state index >= 15 is 0 Å². The average molecular weight is 319 g/mol. The van der Waals surface area contributed by atoms with Crippen molar-refractivity contribution in [3.63, 3.8) is 0 Å². The molecule has 0 amide bonds. The van der Waals surface area contributed by atoms with Gasteiger partial charge in [-0.25, -0.2) is 0 Å². The maximum Gasteiger partial charge on any atom is 0.233 e. The Bertz CT molecular complexity index is 591. The van der Waals surface area contributed by atoms with Crippen molar-refractivity contribution in [1.29, 1.82) is 0 Å². The summed E-state index contributed by atoms with van der Waals surface area (Å²) in [6, 6.07) is 5.12. The standard InChI is InChI=1S/C11H10Cl3N5/c1-2-15-10-17-9(14)18-11(19-10)16-6-3-4-7(12)8(13)5-6/h3-5H,2H2,1H3,(H2,15,16,17,18,19). The Morgan fingerprint density at radius 2 is 1.74 bits per heavy atom. The summed E-state index contributed by atoms with van der Waals surface area (Å²) in [6.07, 6.45) is 0. The van der Waals surface area contributed by atoms with Gasteiger partial charge in [-0.15, -0.1) is 0 Å². The molecule has 0 unspecified atom stereocenters. The van der Waals surface area contributed by atoms with Crippen molar-refractivity contribution in [3.8, 4) is 0 Å². The molecule has 0 atom stereocenters. The summed E-state index contributed by atoms with van der Waals surface area (Å²) in [5.41, 5.74) is 0.708. The second kappa shape index (κ2) is 6.23. The highest BCUT2D eigenvalue weighted by Crippen LogP contribution is 2.26. The van der Waals surface area contributed by atoms with E-state index in [9.17, 15) is 0 Å². The number of benzene rings is 1. The minimum atomic E-state index is 0.105. The molecule has 0 fully saturated rings. The number of hydrogen-bond acceptors (Lipinski definition) is 5. The summed E-state index contributed by atoms with van der Waals surface area (Å²) >= 11 is 17.6. The van der Waals surface area contributed by atoms with Gasteiger partial charge in [-0.2, -0.15) is 15.0 Å². The minimum absolute atomic E-state index is 0.105. The summed E-state index contributed by atoms with van der Waals surface area (Å²) in [4.78, 5) is 12.1. The maximum atomic E-state index is 5.93. The van der Waals surface area contributed by atoms with Crippen LogP contribution in [0, 0.1) is 0 Å². The quantitative estimate of drug-likeness (QED) is 0.892. The average Bonchev–Trinajstić information content (AvgIpc) is 2.33. The Balaban J connectivity index is 2.24. The van der Waals surface area contributed by atoms with E-state index in [1.807, 2.05) is 6.92 Å². The van der Waals surface area contributed by atoms with Crippen LogP contribution in [0.4, 0.5) is 17.6 Å². The third kappa shape index (κ3) is 3.83. The lowest BCUT2D eigenvalue weighted by Gasteiger charge is -2.08. The molecule has 100 valence electrons. The fourth-order valence-electron chi connectivity index (χ4n) is 1.35. The Morgan fingerprint density at radius 1 is 1.00 bits per heavy atom. The molecule has 0 radical (unpaired) electrons. The van der Waals surface area contributed by atoms with Gasteiger partial charge in [0.1, 0.15) is 0 Å². The van der Waals surface area contributed by atoms with Crippen molar-refractivity contribution >= 4 is 52.4 Å². The number of nitrogens with zero attached hydrogens (tertiary/aromatic N) is 3. The zero-order chi connectivity index (χ0) is 13.8. The van der Waals surface area contributed by atoms with Gasteiger partial charge in [-0.3, -0.25) is 0 Å². The minimum Gasteiger partial charge on any atom is -0.354 e. The molecular weight excluding hydrogens is 309 g/mol. The van der Waals surface area contributed by atoms with E-state index in [4.69, 9.17) is 34.8 Å². The normalized spacial score (nSPS) is 10.3. The van der Waals surface area contributed by atoms with Crippen LogP contribution in [0.15, 0.2) is 18.2 Å². The fraction of sp³-hybridized carbons (Fsp3) is 0.182. The predicted octanol–water partition coefficient (Wildman–Crippen LogP) is 4.01. The number of halogens is 3. The molecule has 2 aromatic rings. The van der Waals surface area contributed by atoms with Gasteiger partial charge < -0.3 is 10.6 Å². The molecule has 0 aliphatic carbocycles. The molecule has 2 N–H and O–H groups in total. The number of anilines is 3. The predicted molar refractivity (Wildman–Crippen MR) is 78.7 cm³/mol. The molecule has 2 rings (SSSR count). The van der Waals surface area contributed by atoms with E-state index in [1.54, 1.807) is 18.2 Å². The zero-order valence-electron chi connectivity index (χ0n) is 9.91. The Labute approximate surface area is 125 Å². The molecule has 1 heterocycles. The number of aromatic nitrogens is 3. The van der Waals surface area contributed by atoms with Crippen molar-refractivity contribution in [2.75, 3.05) is 17.2 Å². The van der Waals surface area contributed by atoms with Gasteiger partial charge in [0.2, 0.25) is 17.2 Å². The third-order valence-electron chi connectivity index (χ3n) is 2.12. The highest BCUT2D eigenvalue weighted by Gasteiger charge is 2.06. The lowest BCUT2D eigenvalue weighted by molar-refractivity contribution is 1.02.